The van der Waals surface area contributed by atoms with Gasteiger partial charge < -0.3 is 5.32 Å². The predicted octanol–water partition coefficient (Wildman–Crippen LogP) is 2.34. The highest BCUT2D eigenvalue weighted by atomic mass is 79.9. The minimum atomic E-state index is 0.793. The molecule has 5 nitrogen and oxygen atoms in total. The molecular weight excluding hydrogens is 326 g/mol. The molecule has 7 heteroatoms. The summed E-state index contributed by atoms with van der Waals surface area (Å²) in [6.45, 7) is 4.72. The first-order valence-electron chi connectivity index (χ1n) is 6.13. The number of rotatable bonds is 7. The molecule has 1 aromatic heterocycles. The van der Waals surface area contributed by atoms with Crippen molar-refractivity contribution in [3.63, 3.8) is 0 Å². The third-order valence-corrected chi connectivity index (χ3v) is 4.03. The van der Waals surface area contributed by atoms with E-state index in [4.69, 9.17) is 0 Å². The number of nitrogens with zero attached hydrogens (tertiary/aromatic N) is 4. The first-order valence-corrected chi connectivity index (χ1v) is 7.91. The Balaban J connectivity index is 1.90. The molecule has 0 atom stereocenters. The molecule has 1 heterocycles. The fourth-order valence-electron chi connectivity index (χ4n) is 1.58. The summed E-state index contributed by atoms with van der Waals surface area (Å²) in [5, 5.41) is 15.9. The third kappa shape index (κ3) is 4.59. The fourth-order valence-corrected chi connectivity index (χ4v) is 2.87. The van der Waals surface area contributed by atoms with Gasteiger partial charge in [0.15, 0.2) is 0 Å². The first kappa shape index (κ1) is 14.5. The zero-order chi connectivity index (χ0) is 13.5. The molecule has 102 valence electrons. The van der Waals surface area contributed by atoms with Crippen LogP contribution >= 0.6 is 27.7 Å². The van der Waals surface area contributed by atoms with Crippen molar-refractivity contribution in [1.29, 1.82) is 0 Å². The molecule has 0 unspecified atom stereocenters. The van der Waals surface area contributed by atoms with Crippen LogP contribution in [0.15, 0.2) is 33.9 Å². The maximum absolute atomic E-state index is 4.06. The Morgan fingerprint density at radius 1 is 1.42 bits per heavy atom. The van der Waals surface area contributed by atoms with Crippen molar-refractivity contribution >= 4 is 27.7 Å². The van der Waals surface area contributed by atoms with Crippen LogP contribution < -0.4 is 5.32 Å². The molecule has 0 aliphatic rings. The van der Waals surface area contributed by atoms with Gasteiger partial charge in [-0.3, -0.25) is 0 Å². The van der Waals surface area contributed by atoms with Crippen LogP contribution in [-0.4, -0.2) is 33.3 Å². The maximum atomic E-state index is 4.06. The summed E-state index contributed by atoms with van der Waals surface area (Å²) in [6.07, 6.45) is 0. The number of hydrogen-bond donors (Lipinski definition) is 1. The minimum absolute atomic E-state index is 0.793. The minimum Gasteiger partial charge on any atom is -0.315 e. The van der Waals surface area contributed by atoms with E-state index >= 15 is 0 Å². The van der Waals surface area contributed by atoms with Gasteiger partial charge in [-0.25, -0.2) is 4.68 Å². The predicted molar refractivity (Wildman–Crippen MR) is 80.1 cm³/mol. The smallest absolute Gasteiger partial charge is 0.209 e. The number of halogens is 1. The molecule has 1 aromatic carbocycles. The van der Waals surface area contributed by atoms with Crippen LogP contribution in [0.1, 0.15) is 12.5 Å². The molecule has 0 aliphatic carbocycles. The van der Waals surface area contributed by atoms with Gasteiger partial charge in [-0.05, 0) is 34.7 Å². The van der Waals surface area contributed by atoms with Gasteiger partial charge >= 0.3 is 0 Å². The van der Waals surface area contributed by atoms with E-state index in [2.05, 4.69) is 55.8 Å². The number of aromatic nitrogens is 4. The molecule has 2 rings (SSSR count). The summed E-state index contributed by atoms with van der Waals surface area (Å²) in [4.78, 5) is 0. The number of likely N-dealkylation sites (N-methyl/N-ethyl adjacent to an activating group) is 1. The monoisotopic (exact) mass is 341 g/mol. The normalized spacial score (nSPS) is 10.8. The van der Waals surface area contributed by atoms with Crippen molar-refractivity contribution in [2.75, 3.05) is 13.1 Å². The second kappa shape index (κ2) is 7.62. The van der Waals surface area contributed by atoms with Crippen LogP contribution in [0.4, 0.5) is 0 Å². The van der Waals surface area contributed by atoms with E-state index in [-0.39, 0.29) is 0 Å². The fraction of sp³-hybridized carbons (Fsp3) is 0.417. The van der Waals surface area contributed by atoms with Crippen molar-refractivity contribution in [3.8, 4) is 0 Å². The molecule has 0 aliphatic heterocycles. The molecule has 0 amide bonds. The standard InChI is InChI=1S/C12H16BrN5S/c1-2-14-6-7-18-12(15-16-17-18)19-9-10-4-3-5-11(13)8-10/h3-5,8,14H,2,6-7,9H2,1H3. The number of benzene rings is 1. The Morgan fingerprint density at radius 3 is 3.11 bits per heavy atom. The number of nitrogens with one attached hydrogen (secondary N) is 1. The van der Waals surface area contributed by atoms with Crippen molar-refractivity contribution in [1.82, 2.24) is 25.5 Å². The van der Waals surface area contributed by atoms with Crippen LogP contribution in [0.3, 0.4) is 0 Å². The molecule has 0 fully saturated rings. The Kier molecular flexibility index (Phi) is 5.81. The zero-order valence-corrected chi connectivity index (χ0v) is 13.1. The zero-order valence-electron chi connectivity index (χ0n) is 10.7. The van der Waals surface area contributed by atoms with Crippen molar-refractivity contribution in [2.45, 2.75) is 24.4 Å². The summed E-state index contributed by atoms with van der Waals surface area (Å²) in [5.41, 5.74) is 1.25. The van der Waals surface area contributed by atoms with Gasteiger partial charge in [0.05, 0.1) is 6.54 Å². The molecule has 0 saturated carbocycles. The van der Waals surface area contributed by atoms with Crippen LogP contribution in [0.2, 0.25) is 0 Å². The second-order valence-electron chi connectivity index (χ2n) is 3.96. The first-order chi connectivity index (χ1) is 9.29. The Labute approximate surface area is 125 Å². The van der Waals surface area contributed by atoms with Crippen molar-refractivity contribution in [2.24, 2.45) is 0 Å². The topological polar surface area (TPSA) is 55.6 Å². The van der Waals surface area contributed by atoms with E-state index in [1.165, 1.54) is 5.56 Å². The lowest BCUT2D eigenvalue weighted by molar-refractivity contribution is 0.517. The number of hydrogen-bond acceptors (Lipinski definition) is 5. The molecule has 0 saturated heterocycles. The van der Waals surface area contributed by atoms with Crippen LogP contribution in [-0.2, 0) is 12.3 Å². The lowest BCUT2D eigenvalue weighted by Crippen LogP contribution is -2.20. The molecular formula is C12H16BrN5S. The van der Waals surface area contributed by atoms with Crippen molar-refractivity contribution in [3.05, 3.63) is 34.3 Å². The van der Waals surface area contributed by atoms with E-state index < -0.39 is 0 Å². The third-order valence-electron chi connectivity index (χ3n) is 2.51. The van der Waals surface area contributed by atoms with Gasteiger partial charge in [0.25, 0.3) is 0 Å². The van der Waals surface area contributed by atoms with Crippen LogP contribution in [0.5, 0.6) is 0 Å². The summed E-state index contributed by atoms with van der Waals surface area (Å²) in [6, 6.07) is 8.27. The highest BCUT2D eigenvalue weighted by molar-refractivity contribution is 9.10. The molecule has 0 bridgehead atoms. The van der Waals surface area contributed by atoms with E-state index in [0.29, 0.717) is 0 Å². The summed E-state index contributed by atoms with van der Waals surface area (Å²) in [7, 11) is 0. The second-order valence-corrected chi connectivity index (χ2v) is 5.81. The lowest BCUT2D eigenvalue weighted by atomic mass is 10.2. The van der Waals surface area contributed by atoms with Gasteiger partial charge in [0, 0.05) is 16.8 Å². The largest absolute Gasteiger partial charge is 0.315 e. The van der Waals surface area contributed by atoms with E-state index in [9.17, 15) is 0 Å². The van der Waals surface area contributed by atoms with Crippen LogP contribution in [0.25, 0.3) is 0 Å². The van der Waals surface area contributed by atoms with Crippen LogP contribution in [0, 0.1) is 0 Å². The number of thioether (sulfide) groups is 1. The Morgan fingerprint density at radius 2 is 2.32 bits per heavy atom. The molecule has 0 radical (unpaired) electrons. The molecule has 2 aromatic rings. The molecule has 0 spiro atoms. The highest BCUT2D eigenvalue weighted by Gasteiger charge is 2.06. The van der Waals surface area contributed by atoms with Gasteiger partial charge in [0.2, 0.25) is 5.16 Å². The van der Waals surface area contributed by atoms with E-state index in [0.717, 1.165) is 35.0 Å². The SMILES string of the molecule is CCNCCn1nnnc1SCc1cccc(Br)c1. The molecule has 19 heavy (non-hydrogen) atoms. The van der Waals surface area contributed by atoms with Gasteiger partial charge in [-0.15, -0.1) is 5.10 Å². The summed E-state index contributed by atoms with van der Waals surface area (Å²) < 4.78 is 2.93. The summed E-state index contributed by atoms with van der Waals surface area (Å²) >= 11 is 5.13. The van der Waals surface area contributed by atoms with Gasteiger partial charge in [0.1, 0.15) is 0 Å². The van der Waals surface area contributed by atoms with E-state index in [1.54, 1.807) is 11.8 Å². The van der Waals surface area contributed by atoms with E-state index in [1.807, 2.05) is 16.8 Å². The quantitative estimate of drug-likeness (QED) is 0.618. The Bertz CT molecular complexity index is 516. The number of tetrazole rings is 1. The Hall–Kier alpha value is -0.920. The van der Waals surface area contributed by atoms with Gasteiger partial charge in [-0.1, -0.05) is 46.7 Å². The van der Waals surface area contributed by atoms with Gasteiger partial charge in [-0.2, -0.15) is 0 Å². The highest BCUT2D eigenvalue weighted by Crippen LogP contribution is 2.21. The maximum Gasteiger partial charge on any atom is 0.209 e. The average molecular weight is 342 g/mol. The van der Waals surface area contributed by atoms with Crippen molar-refractivity contribution < 1.29 is 0 Å². The summed E-state index contributed by atoms with van der Waals surface area (Å²) in [5.74, 6) is 0.862. The average Bonchev–Trinajstić information content (AvgIpc) is 2.84. The molecule has 1 N–H and O–H groups in total. The lowest BCUT2D eigenvalue weighted by Gasteiger charge is -2.05.